The lowest BCUT2D eigenvalue weighted by atomic mass is 9.93. The van der Waals surface area contributed by atoms with Gasteiger partial charge in [-0.3, -0.25) is 4.79 Å². The molecule has 0 aliphatic carbocycles. The van der Waals surface area contributed by atoms with E-state index in [1.807, 2.05) is 0 Å². The van der Waals surface area contributed by atoms with Gasteiger partial charge in [0.2, 0.25) is 0 Å². The highest BCUT2D eigenvalue weighted by Gasteiger charge is 2.21. The number of hydrogen-bond acceptors (Lipinski definition) is 4. The van der Waals surface area contributed by atoms with Gasteiger partial charge < -0.3 is 5.32 Å². The molecule has 1 aliphatic heterocycles. The Kier molecular flexibility index (Phi) is 4.17. The number of hydrogen-bond donors (Lipinski definition) is 1. The Morgan fingerprint density at radius 2 is 2.33 bits per heavy atom. The van der Waals surface area contributed by atoms with E-state index in [9.17, 15) is 4.79 Å². The molecule has 1 saturated heterocycles. The summed E-state index contributed by atoms with van der Waals surface area (Å²) in [7, 11) is 0. The summed E-state index contributed by atoms with van der Waals surface area (Å²) in [5.41, 5.74) is 1.17. The molecule has 1 atom stereocenters. The molecule has 4 heteroatoms. The minimum absolute atomic E-state index is 0.0766. The molecule has 0 spiro atoms. The van der Waals surface area contributed by atoms with Gasteiger partial charge in [-0.25, -0.2) is 4.98 Å². The molecule has 0 saturated carbocycles. The monoisotopic (exact) mass is 266 g/mol. The van der Waals surface area contributed by atoms with E-state index in [1.165, 1.54) is 0 Å². The molecule has 3 nitrogen and oxygen atoms in total. The summed E-state index contributed by atoms with van der Waals surface area (Å²) in [5.74, 6) is 0.873. The van der Waals surface area contributed by atoms with Crippen LogP contribution in [-0.2, 0) is 16.6 Å². The summed E-state index contributed by atoms with van der Waals surface area (Å²) >= 11 is 1.62. The summed E-state index contributed by atoms with van der Waals surface area (Å²) in [6, 6.07) is 0. The SMILES string of the molecule is CC(C)(C)c1csc(CC(=O)CC2CCNC2)n1. The van der Waals surface area contributed by atoms with Crippen LogP contribution in [0.1, 0.15) is 44.3 Å². The first-order valence-corrected chi connectivity index (χ1v) is 7.50. The van der Waals surface area contributed by atoms with Gasteiger partial charge in [0.05, 0.1) is 12.1 Å². The van der Waals surface area contributed by atoms with E-state index in [-0.39, 0.29) is 5.41 Å². The molecule has 0 amide bonds. The maximum absolute atomic E-state index is 12.0. The fourth-order valence-corrected chi connectivity index (χ4v) is 3.24. The Morgan fingerprint density at radius 1 is 1.56 bits per heavy atom. The quantitative estimate of drug-likeness (QED) is 0.910. The van der Waals surface area contributed by atoms with Crippen LogP contribution in [0.5, 0.6) is 0 Å². The zero-order chi connectivity index (χ0) is 13.2. The Labute approximate surface area is 113 Å². The predicted molar refractivity (Wildman–Crippen MR) is 75.1 cm³/mol. The Balaban J connectivity index is 1.88. The molecule has 18 heavy (non-hydrogen) atoms. The first-order valence-electron chi connectivity index (χ1n) is 6.62. The Bertz CT molecular complexity index is 414. The van der Waals surface area contributed by atoms with Gasteiger partial charge in [0.1, 0.15) is 10.8 Å². The standard InChI is InChI=1S/C14H22N2OS/c1-14(2,3)12-9-18-13(16-12)7-11(17)6-10-4-5-15-8-10/h9-10,15H,4-8H2,1-3H3. The molecule has 1 aliphatic rings. The first kappa shape index (κ1) is 13.7. The summed E-state index contributed by atoms with van der Waals surface area (Å²) < 4.78 is 0. The maximum atomic E-state index is 12.0. The van der Waals surface area contributed by atoms with Crippen LogP contribution in [0.25, 0.3) is 0 Å². The number of Topliss-reactive ketones (excluding diaryl/α,β-unsaturated/α-hetero) is 1. The zero-order valence-corrected chi connectivity index (χ0v) is 12.3. The number of carbonyl (C=O) groups is 1. The molecule has 1 aromatic rings. The topological polar surface area (TPSA) is 42.0 Å². The summed E-state index contributed by atoms with van der Waals surface area (Å²) in [6.45, 7) is 8.51. The first-order chi connectivity index (χ1) is 8.45. The molecule has 2 rings (SSSR count). The van der Waals surface area contributed by atoms with Gasteiger partial charge in [0, 0.05) is 17.2 Å². The van der Waals surface area contributed by atoms with E-state index < -0.39 is 0 Å². The summed E-state index contributed by atoms with van der Waals surface area (Å²) in [5, 5.41) is 6.35. The number of ketones is 1. The number of aromatic nitrogens is 1. The van der Waals surface area contributed by atoms with Crippen LogP contribution >= 0.6 is 11.3 Å². The summed E-state index contributed by atoms with van der Waals surface area (Å²) in [4.78, 5) is 16.5. The van der Waals surface area contributed by atoms with Gasteiger partial charge >= 0.3 is 0 Å². The minimum Gasteiger partial charge on any atom is -0.316 e. The van der Waals surface area contributed by atoms with Crippen LogP contribution in [0.15, 0.2) is 5.38 Å². The third kappa shape index (κ3) is 3.62. The van der Waals surface area contributed by atoms with E-state index in [0.29, 0.717) is 24.5 Å². The fraction of sp³-hybridized carbons (Fsp3) is 0.714. The smallest absolute Gasteiger partial charge is 0.140 e. The number of nitrogens with zero attached hydrogens (tertiary/aromatic N) is 1. The average molecular weight is 266 g/mol. The fourth-order valence-electron chi connectivity index (χ4n) is 2.19. The minimum atomic E-state index is 0.0766. The number of thiazole rings is 1. The Hall–Kier alpha value is -0.740. The lowest BCUT2D eigenvalue weighted by Gasteiger charge is -2.14. The third-order valence-corrected chi connectivity index (χ3v) is 4.20. The lowest BCUT2D eigenvalue weighted by Crippen LogP contribution is -2.14. The van der Waals surface area contributed by atoms with Gasteiger partial charge in [-0.05, 0) is 25.4 Å². The number of rotatable bonds is 4. The van der Waals surface area contributed by atoms with Gasteiger partial charge in [0.25, 0.3) is 0 Å². The van der Waals surface area contributed by atoms with Crippen LogP contribution in [-0.4, -0.2) is 23.9 Å². The predicted octanol–water partition coefficient (Wildman–Crippen LogP) is 2.55. The molecule has 0 radical (unpaired) electrons. The second kappa shape index (κ2) is 5.49. The molecule has 1 aromatic heterocycles. The van der Waals surface area contributed by atoms with E-state index in [4.69, 9.17) is 0 Å². The van der Waals surface area contributed by atoms with Crippen LogP contribution in [0.2, 0.25) is 0 Å². The van der Waals surface area contributed by atoms with Crippen LogP contribution in [0.3, 0.4) is 0 Å². The molecule has 0 bridgehead atoms. The van der Waals surface area contributed by atoms with E-state index >= 15 is 0 Å². The molecule has 0 aromatic carbocycles. The Morgan fingerprint density at radius 3 is 2.89 bits per heavy atom. The van der Waals surface area contributed by atoms with Gasteiger partial charge in [-0.15, -0.1) is 11.3 Å². The van der Waals surface area contributed by atoms with Crippen molar-refractivity contribution in [1.82, 2.24) is 10.3 Å². The van der Waals surface area contributed by atoms with Crippen molar-refractivity contribution >= 4 is 17.1 Å². The van der Waals surface area contributed by atoms with Crippen molar-refractivity contribution in [2.75, 3.05) is 13.1 Å². The average Bonchev–Trinajstić information content (AvgIpc) is 2.87. The number of carbonyl (C=O) groups excluding carboxylic acids is 1. The second-order valence-electron chi connectivity index (χ2n) is 6.15. The van der Waals surface area contributed by atoms with E-state index in [2.05, 4.69) is 36.5 Å². The van der Waals surface area contributed by atoms with Crippen molar-refractivity contribution in [3.8, 4) is 0 Å². The molecule has 1 fully saturated rings. The third-order valence-electron chi connectivity index (χ3n) is 3.35. The van der Waals surface area contributed by atoms with Gasteiger partial charge in [0.15, 0.2) is 0 Å². The molecule has 1 unspecified atom stereocenters. The zero-order valence-electron chi connectivity index (χ0n) is 11.5. The van der Waals surface area contributed by atoms with Crippen LogP contribution in [0.4, 0.5) is 0 Å². The van der Waals surface area contributed by atoms with Gasteiger partial charge in [-0.2, -0.15) is 0 Å². The second-order valence-corrected chi connectivity index (χ2v) is 7.10. The highest BCUT2D eigenvalue weighted by molar-refractivity contribution is 7.09. The summed E-state index contributed by atoms with van der Waals surface area (Å²) in [6.07, 6.45) is 2.35. The van der Waals surface area contributed by atoms with Crippen molar-refractivity contribution in [3.63, 3.8) is 0 Å². The highest BCUT2D eigenvalue weighted by atomic mass is 32.1. The van der Waals surface area contributed by atoms with Crippen LogP contribution in [0, 0.1) is 5.92 Å². The van der Waals surface area contributed by atoms with Crippen LogP contribution < -0.4 is 5.32 Å². The highest BCUT2D eigenvalue weighted by Crippen LogP contribution is 2.24. The molecule has 100 valence electrons. The molecule has 1 N–H and O–H groups in total. The molecular formula is C14H22N2OS. The lowest BCUT2D eigenvalue weighted by molar-refractivity contribution is -0.119. The molecule has 2 heterocycles. The van der Waals surface area contributed by atoms with E-state index in [1.54, 1.807) is 11.3 Å². The largest absolute Gasteiger partial charge is 0.316 e. The van der Waals surface area contributed by atoms with Crippen molar-refractivity contribution in [2.24, 2.45) is 5.92 Å². The van der Waals surface area contributed by atoms with Crippen molar-refractivity contribution in [1.29, 1.82) is 0 Å². The number of nitrogens with one attached hydrogen (secondary N) is 1. The van der Waals surface area contributed by atoms with Gasteiger partial charge in [-0.1, -0.05) is 20.8 Å². The van der Waals surface area contributed by atoms with Crippen molar-refractivity contribution in [3.05, 3.63) is 16.1 Å². The normalized spacial score (nSPS) is 20.3. The maximum Gasteiger partial charge on any atom is 0.140 e. The van der Waals surface area contributed by atoms with Crippen molar-refractivity contribution < 1.29 is 4.79 Å². The van der Waals surface area contributed by atoms with E-state index in [0.717, 1.165) is 30.2 Å². The molecular weight excluding hydrogens is 244 g/mol. The van der Waals surface area contributed by atoms with Crippen molar-refractivity contribution in [2.45, 2.75) is 45.4 Å².